The highest BCUT2D eigenvalue weighted by molar-refractivity contribution is 6.02. The fourth-order valence-corrected chi connectivity index (χ4v) is 3.32. The molecule has 30 heavy (non-hydrogen) atoms. The van der Waals surface area contributed by atoms with Crippen LogP contribution in [-0.2, 0) is 19.4 Å². The number of pyridine rings is 1. The average molecular weight is 400 g/mol. The lowest BCUT2D eigenvalue weighted by molar-refractivity contribution is 0.102. The summed E-state index contributed by atoms with van der Waals surface area (Å²) in [5.74, 6) is 1.29. The molecule has 3 heterocycles. The SMILES string of the molecule is CC(C)Cc1nccc(C(=O)Nc2nc3ccccc3n2CCc2ccccn2)n1. The molecule has 7 nitrogen and oxygen atoms in total. The predicted octanol–water partition coefficient (Wildman–Crippen LogP) is 3.91. The number of aryl methyl sites for hydroxylation is 2. The molecular weight excluding hydrogens is 376 g/mol. The molecule has 0 aliphatic heterocycles. The summed E-state index contributed by atoms with van der Waals surface area (Å²) in [5.41, 5.74) is 3.12. The first-order valence-electron chi connectivity index (χ1n) is 10.1. The third-order valence-electron chi connectivity index (χ3n) is 4.73. The van der Waals surface area contributed by atoms with Gasteiger partial charge in [-0.05, 0) is 36.2 Å². The molecule has 0 atom stereocenters. The Bertz CT molecular complexity index is 1150. The Hall–Kier alpha value is -3.61. The standard InChI is InChI=1S/C23H24N6O/c1-16(2)15-21-25-13-10-19(26-21)22(30)28-23-27-18-8-3-4-9-20(18)29(23)14-11-17-7-5-6-12-24-17/h3-10,12-13,16H,11,14-15H2,1-2H3,(H,27,28,30). The van der Waals surface area contributed by atoms with Crippen molar-refractivity contribution in [3.05, 3.63) is 78.1 Å². The molecule has 0 spiro atoms. The molecule has 1 aromatic carbocycles. The van der Waals surface area contributed by atoms with Crippen molar-refractivity contribution in [2.24, 2.45) is 5.92 Å². The molecule has 0 saturated heterocycles. The van der Waals surface area contributed by atoms with Crippen molar-refractivity contribution in [1.82, 2.24) is 24.5 Å². The number of hydrogen-bond donors (Lipinski definition) is 1. The maximum atomic E-state index is 12.9. The summed E-state index contributed by atoms with van der Waals surface area (Å²) >= 11 is 0. The maximum absolute atomic E-state index is 12.9. The number of hydrogen-bond acceptors (Lipinski definition) is 5. The minimum Gasteiger partial charge on any atom is -0.310 e. The average Bonchev–Trinajstić information content (AvgIpc) is 3.09. The van der Waals surface area contributed by atoms with E-state index >= 15 is 0 Å². The summed E-state index contributed by atoms with van der Waals surface area (Å²) in [6, 6.07) is 15.3. The van der Waals surface area contributed by atoms with Crippen LogP contribution in [0.5, 0.6) is 0 Å². The van der Waals surface area contributed by atoms with E-state index in [0.29, 0.717) is 29.9 Å². The number of imidazole rings is 1. The first-order chi connectivity index (χ1) is 14.6. The number of amides is 1. The van der Waals surface area contributed by atoms with E-state index in [4.69, 9.17) is 0 Å². The molecule has 4 aromatic rings. The van der Waals surface area contributed by atoms with Crippen molar-refractivity contribution in [1.29, 1.82) is 0 Å². The molecule has 3 aromatic heterocycles. The molecule has 1 N–H and O–H groups in total. The fraction of sp³-hybridized carbons (Fsp3) is 0.261. The lowest BCUT2D eigenvalue weighted by Gasteiger charge is -2.10. The minimum absolute atomic E-state index is 0.295. The minimum atomic E-state index is -0.295. The van der Waals surface area contributed by atoms with Gasteiger partial charge in [0.15, 0.2) is 0 Å². The summed E-state index contributed by atoms with van der Waals surface area (Å²) in [4.78, 5) is 30.6. The fourth-order valence-electron chi connectivity index (χ4n) is 3.32. The van der Waals surface area contributed by atoms with Gasteiger partial charge in [0.25, 0.3) is 5.91 Å². The van der Waals surface area contributed by atoms with Gasteiger partial charge in [-0.15, -0.1) is 0 Å². The number of anilines is 1. The van der Waals surface area contributed by atoms with Gasteiger partial charge in [0.05, 0.1) is 11.0 Å². The van der Waals surface area contributed by atoms with Crippen LogP contribution in [0.3, 0.4) is 0 Å². The molecule has 152 valence electrons. The van der Waals surface area contributed by atoms with E-state index in [2.05, 4.69) is 39.1 Å². The van der Waals surface area contributed by atoms with Crippen LogP contribution in [-0.4, -0.2) is 30.4 Å². The zero-order chi connectivity index (χ0) is 20.9. The highest BCUT2D eigenvalue weighted by atomic mass is 16.2. The number of carbonyl (C=O) groups is 1. The van der Waals surface area contributed by atoms with E-state index in [1.165, 1.54) is 0 Å². The van der Waals surface area contributed by atoms with E-state index in [1.54, 1.807) is 18.5 Å². The second kappa shape index (κ2) is 8.82. The Morgan fingerprint density at radius 1 is 1.00 bits per heavy atom. The van der Waals surface area contributed by atoms with Crippen LogP contribution in [0.25, 0.3) is 11.0 Å². The van der Waals surface area contributed by atoms with Crippen molar-refractivity contribution < 1.29 is 4.79 Å². The molecular formula is C23H24N6O. The summed E-state index contributed by atoms with van der Waals surface area (Å²) in [6.07, 6.45) is 4.87. The first-order valence-corrected chi connectivity index (χ1v) is 10.1. The van der Waals surface area contributed by atoms with E-state index < -0.39 is 0 Å². The topological polar surface area (TPSA) is 85.6 Å². The normalized spacial score (nSPS) is 11.2. The van der Waals surface area contributed by atoms with Crippen LogP contribution >= 0.6 is 0 Å². The number of carbonyl (C=O) groups excluding carboxylic acids is 1. The Kier molecular flexibility index (Phi) is 5.79. The second-order valence-electron chi connectivity index (χ2n) is 7.56. The van der Waals surface area contributed by atoms with Gasteiger partial charge in [-0.2, -0.15) is 0 Å². The number of nitrogens with zero attached hydrogens (tertiary/aromatic N) is 5. The number of rotatable bonds is 7. The molecule has 0 unspecified atom stereocenters. The Labute approximate surface area is 175 Å². The van der Waals surface area contributed by atoms with Gasteiger partial charge in [0.1, 0.15) is 11.5 Å². The van der Waals surface area contributed by atoms with Crippen molar-refractivity contribution in [2.45, 2.75) is 33.2 Å². The Morgan fingerprint density at radius 3 is 2.63 bits per heavy atom. The second-order valence-corrected chi connectivity index (χ2v) is 7.56. The number of aromatic nitrogens is 5. The molecule has 0 aliphatic rings. The monoisotopic (exact) mass is 400 g/mol. The van der Waals surface area contributed by atoms with Crippen LogP contribution in [0.2, 0.25) is 0 Å². The highest BCUT2D eigenvalue weighted by Crippen LogP contribution is 2.20. The van der Waals surface area contributed by atoms with E-state index in [-0.39, 0.29) is 5.91 Å². The molecule has 0 fully saturated rings. The summed E-state index contributed by atoms with van der Waals surface area (Å²) in [6.45, 7) is 4.84. The summed E-state index contributed by atoms with van der Waals surface area (Å²) in [7, 11) is 0. The van der Waals surface area contributed by atoms with Gasteiger partial charge in [0, 0.05) is 37.5 Å². The molecule has 0 aliphatic carbocycles. The zero-order valence-corrected chi connectivity index (χ0v) is 17.1. The number of benzene rings is 1. The molecule has 0 saturated carbocycles. The smallest absolute Gasteiger partial charge is 0.276 e. The molecule has 1 amide bonds. The van der Waals surface area contributed by atoms with Crippen molar-refractivity contribution in [3.8, 4) is 0 Å². The van der Waals surface area contributed by atoms with Gasteiger partial charge in [-0.1, -0.05) is 32.0 Å². The predicted molar refractivity (Wildman–Crippen MR) is 116 cm³/mol. The summed E-state index contributed by atoms with van der Waals surface area (Å²) < 4.78 is 2.01. The lowest BCUT2D eigenvalue weighted by Crippen LogP contribution is -2.19. The first kappa shape index (κ1) is 19.7. The molecule has 4 rings (SSSR count). The molecule has 7 heteroatoms. The Morgan fingerprint density at radius 2 is 1.83 bits per heavy atom. The third kappa shape index (κ3) is 4.51. The summed E-state index contributed by atoms with van der Waals surface area (Å²) in [5, 5.41) is 2.94. The molecule has 0 bridgehead atoms. The van der Waals surface area contributed by atoms with Crippen molar-refractivity contribution >= 4 is 22.9 Å². The van der Waals surface area contributed by atoms with Crippen LogP contribution in [0.4, 0.5) is 5.95 Å². The van der Waals surface area contributed by atoms with Crippen LogP contribution in [0, 0.1) is 5.92 Å². The van der Waals surface area contributed by atoms with Gasteiger partial charge in [-0.25, -0.2) is 15.0 Å². The Balaban J connectivity index is 1.59. The largest absolute Gasteiger partial charge is 0.310 e. The van der Waals surface area contributed by atoms with Crippen LogP contribution in [0.1, 0.15) is 35.9 Å². The molecule has 0 radical (unpaired) electrons. The number of nitrogens with one attached hydrogen (secondary N) is 1. The number of para-hydroxylation sites is 2. The van der Waals surface area contributed by atoms with Crippen LogP contribution < -0.4 is 5.32 Å². The van der Waals surface area contributed by atoms with Crippen molar-refractivity contribution in [3.63, 3.8) is 0 Å². The highest BCUT2D eigenvalue weighted by Gasteiger charge is 2.16. The maximum Gasteiger partial charge on any atom is 0.276 e. The quantitative estimate of drug-likeness (QED) is 0.508. The zero-order valence-electron chi connectivity index (χ0n) is 17.1. The van der Waals surface area contributed by atoms with Crippen molar-refractivity contribution in [2.75, 3.05) is 5.32 Å². The lowest BCUT2D eigenvalue weighted by atomic mass is 10.1. The third-order valence-corrected chi connectivity index (χ3v) is 4.73. The van der Waals surface area contributed by atoms with Gasteiger partial charge >= 0.3 is 0 Å². The number of fused-ring (bicyclic) bond motifs is 1. The van der Waals surface area contributed by atoms with Gasteiger partial charge < -0.3 is 4.57 Å². The van der Waals surface area contributed by atoms with E-state index in [9.17, 15) is 4.79 Å². The van der Waals surface area contributed by atoms with E-state index in [0.717, 1.165) is 29.6 Å². The van der Waals surface area contributed by atoms with Gasteiger partial charge in [-0.3, -0.25) is 15.1 Å². The van der Waals surface area contributed by atoms with Crippen LogP contribution in [0.15, 0.2) is 60.9 Å². The van der Waals surface area contributed by atoms with E-state index in [1.807, 2.05) is 47.0 Å². The van der Waals surface area contributed by atoms with Gasteiger partial charge in [0.2, 0.25) is 5.95 Å².